The second-order valence-electron chi connectivity index (χ2n) is 9.61. The normalized spacial score (nSPS) is 11.0. The Kier molecular flexibility index (Phi) is 10.9. The lowest BCUT2D eigenvalue weighted by atomic mass is 9.83. The minimum Gasteiger partial charge on any atom is -0.506 e. The summed E-state index contributed by atoms with van der Waals surface area (Å²) in [5, 5.41) is 12.5. The quantitative estimate of drug-likeness (QED) is 0.173. The van der Waals surface area contributed by atoms with Gasteiger partial charge in [0.05, 0.1) is 60.4 Å². The second-order valence-corrected chi connectivity index (χ2v) is 9.61. The van der Waals surface area contributed by atoms with Crippen molar-refractivity contribution in [3.05, 3.63) is 34.9 Å². The standard InChI is InChI=1S/C32H40O10/c1-10-17(11-2)14-20(33)25-27(32(35)42-9)23(18-12-13-21(37-4)22(15-18)38-5)26-24(28(25)34)19(16-36-3)29(39-6)31(41-8)30(26)40-7/h12-13,15,17,34H,10-11,14,16H2,1-9H3. The molecule has 0 fully saturated rings. The lowest BCUT2D eigenvalue weighted by Crippen LogP contribution is -2.17. The number of benzene rings is 3. The molecular formula is C32H40O10. The van der Waals surface area contributed by atoms with Crippen molar-refractivity contribution in [3.8, 4) is 45.6 Å². The van der Waals surface area contributed by atoms with E-state index in [9.17, 15) is 14.7 Å². The Morgan fingerprint density at radius 1 is 0.762 bits per heavy atom. The maximum atomic E-state index is 14.1. The van der Waals surface area contributed by atoms with Crippen LogP contribution < -0.4 is 23.7 Å². The van der Waals surface area contributed by atoms with Gasteiger partial charge in [0.15, 0.2) is 28.8 Å². The molecule has 0 unspecified atom stereocenters. The molecule has 0 aliphatic heterocycles. The molecule has 3 aromatic rings. The number of phenols is 1. The minimum absolute atomic E-state index is 0.0172. The van der Waals surface area contributed by atoms with E-state index in [1.165, 1.54) is 49.8 Å². The maximum absolute atomic E-state index is 14.1. The molecule has 0 aliphatic rings. The Morgan fingerprint density at radius 3 is 1.88 bits per heavy atom. The number of ether oxygens (including phenoxy) is 7. The van der Waals surface area contributed by atoms with Gasteiger partial charge >= 0.3 is 5.97 Å². The SMILES string of the molecule is CCC(CC)CC(=O)c1c(C(=O)OC)c(-c2ccc(OC)c(OC)c2)c2c(OC)c(OC)c(OC)c(COC)c2c1O. The summed E-state index contributed by atoms with van der Waals surface area (Å²) in [6.45, 7) is 3.98. The van der Waals surface area contributed by atoms with Gasteiger partial charge in [-0.1, -0.05) is 32.8 Å². The van der Waals surface area contributed by atoms with Crippen molar-refractivity contribution in [3.63, 3.8) is 0 Å². The van der Waals surface area contributed by atoms with E-state index in [2.05, 4.69) is 0 Å². The van der Waals surface area contributed by atoms with Gasteiger partial charge in [0.1, 0.15) is 5.75 Å². The average Bonchev–Trinajstić information content (AvgIpc) is 3.01. The molecule has 3 aromatic carbocycles. The number of rotatable bonds is 14. The Bertz CT molecular complexity index is 1460. The molecular weight excluding hydrogens is 544 g/mol. The third kappa shape index (κ3) is 5.63. The van der Waals surface area contributed by atoms with Crippen molar-refractivity contribution in [2.45, 2.75) is 39.7 Å². The van der Waals surface area contributed by atoms with E-state index in [1.54, 1.807) is 18.2 Å². The molecule has 0 bridgehead atoms. The number of ketones is 1. The molecule has 3 rings (SSSR count). The molecule has 0 aliphatic carbocycles. The van der Waals surface area contributed by atoms with E-state index in [4.69, 9.17) is 33.2 Å². The molecule has 10 nitrogen and oxygen atoms in total. The van der Waals surface area contributed by atoms with Gasteiger partial charge in [0, 0.05) is 35.4 Å². The number of hydrogen-bond donors (Lipinski definition) is 1. The van der Waals surface area contributed by atoms with E-state index in [0.29, 0.717) is 28.0 Å². The Labute approximate surface area is 246 Å². The van der Waals surface area contributed by atoms with Gasteiger partial charge in [0.2, 0.25) is 5.75 Å². The summed E-state index contributed by atoms with van der Waals surface area (Å²) in [6, 6.07) is 5.09. The Hall–Kier alpha value is -4.18. The van der Waals surface area contributed by atoms with Crippen molar-refractivity contribution >= 4 is 22.5 Å². The highest BCUT2D eigenvalue weighted by molar-refractivity contribution is 6.22. The molecule has 10 heteroatoms. The zero-order chi connectivity index (χ0) is 31.1. The highest BCUT2D eigenvalue weighted by Gasteiger charge is 2.35. The molecule has 0 radical (unpaired) electrons. The molecule has 42 heavy (non-hydrogen) atoms. The van der Waals surface area contributed by atoms with Gasteiger partial charge in [-0.3, -0.25) is 4.79 Å². The Balaban J connectivity index is 2.77. The zero-order valence-corrected chi connectivity index (χ0v) is 25.8. The molecule has 1 N–H and O–H groups in total. The number of phenolic OH excluding ortho intramolecular Hbond substituents is 1. The smallest absolute Gasteiger partial charge is 0.339 e. The van der Waals surface area contributed by atoms with Gasteiger partial charge in [-0.15, -0.1) is 0 Å². The molecule has 0 amide bonds. The zero-order valence-electron chi connectivity index (χ0n) is 25.8. The van der Waals surface area contributed by atoms with Gasteiger partial charge < -0.3 is 38.3 Å². The van der Waals surface area contributed by atoms with Crippen LogP contribution in [0.4, 0.5) is 0 Å². The van der Waals surface area contributed by atoms with Crippen LogP contribution in [0.1, 0.15) is 59.4 Å². The summed E-state index contributed by atoms with van der Waals surface area (Å²) in [4.78, 5) is 27.7. The maximum Gasteiger partial charge on any atom is 0.339 e. The van der Waals surface area contributed by atoms with E-state index < -0.39 is 17.5 Å². The molecule has 0 saturated heterocycles. The van der Waals surface area contributed by atoms with E-state index in [0.717, 1.165) is 12.8 Å². The number of fused-ring (bicyclic) bond motifs is 1. The van der Waals surface area contributed by atoms with Crippen LogP contribution in [0.3, 0.4) is 0 Å². The molecule has 228 valence electrons. The Morgan fingerprint density at radius 2 is 1.38 bits per heavy atom. The first kappa shape index (κ1) is 32.3. The van der Waals surface area contributed by atoms with Crippen molar-refractivity contribution in [2.75, 3.05) is 49.8 Å². The van der Waals surface area contributed by atoms with Crippen molar-refractivity contribution in [2.24, 2.45) is 5.92 Å². The number of hydrogen-bond acceptors (Lipinski definition) is 10. The van der Waals surface area contributed by atoms with Crippen LogP contribution in [0.2, 0.25) is 0 Å². The summed E-state index contributed by atoms with van der Waals surface area (Å²) in [6.07, 6.45) is 1.62. The van der Waals surface area contributed by atoms with Crippen LogP contribution in [-0.2, 0) is 16.1 Å². The van der Waals surface area contributed by atoms with Crippen molar-refractivity contribution in [1.29, 1.82) is 0 Å². The predicted molar refractivity (Wildman–Crippen MR) is 159 cm³/mol. The van der Waals surface area contributed by atoms with Crippen LogP contribution >= 0.6 is 0 Å². The van der Waals surface area contributed by atoms with Crippen LogP contribution in [0.25, 0.3) is 21.9 Å². The first-order valence-electron chi connectivity index (χ1n) is 13.6. The number of Topliss-reactive ketones (excluding diaryl/α,β-unsaturated/α-hetero) is 1. The number of aromatic hydroxyl groups is 1. The lowest BCUT2D eigenvalue weighted by Gasteiger charge is -2.25. The number of esters is 1. The van der Waals surface area contributed by atoms with E-state index in [-0.39, 0.29) is 58.3 Å². The molecule has 0 spiro atoms. The monoisotopic (exact) mass is 584 g/mol. The third-order valence-corrected chi connectivity index (χ3v) is 7.56. The fraction of sp³-hybridized carbons (Fsp3) is 0.438. The molecule has 0 saturated carbocycles. The highest BCUT2D eigenvalue weighted by Crippen LogP contribution is 2.55. The fourth-order valence-corrected chi connectivity index (χ4v) is 5.40. The van der Waals surface area contributed by atoms with E-state index in [1.807, 2.05) is 13.8 Å². The van der Waals surface area contributed by atoms with Crippen molar-refractivity contribution < 1.29 is 47.9 Å². The number of carbonyl (C=O) groups excluding carboxylic acids is 2. The van der Waals surface area contributed by atoms with Gasteiger partial charge in [-0.2, -0.15) is 0 Å². The first-order valence-corrected chi connectivity index (χ1v) is 13.6. The third-order valence-electron chi connectivity index (χ3n) is 7.56. The van der Waals surface area contributed by atoms with Gasteiger partial charge in [0.25, 0.3) is 0 Å². The number of carbonyl (C=O) groups is 2. The topological polar surface area (TPSA) is 119 Å². The lowest BCUT2D eigenvalue weighted by molar-refractivity contribution is 0.0597. The largest absolute Gasteiger partial charge is 0.506 e. The average molecular weight is 585 g/mol. The fourth-order valence-electron chi connectivity index (χ4n) is 5.40. The summed E-state index contributed by atoms with van der Waals surface area (Å²) in [5.74, 6) is -0.0912. The van der Waals surface area contributed by atoms with Crippen molar-refractivity contribution in [1.82, 2.24) is 0 Å². The highest BCUT2D eigenvalue weighted by atomic mass is 16.5. The first-order chi connectivity index (χ1) is 20.2. The molecule has 0 heterocycles. The predicted octanol–water partition coefficient (Wildman–Crippen LogP) is 6.20. The minimum atomic E-state index is -0.810. The summed E-state index contributed by atoms with van der Waals surface area (Å²) < 4.78 is 39.1. The molecule has 0 aromatic heterocycles. The van der Waals surface area contributed by atoms with Crippen LogP contribution in [0.5, 0.6) is 34.5 Å². The van der Waals surface area contributed by atoms with Gasteiger partial charge in [-0.05, 0) is 23.6 Å². The number of methoxy groups -OCH3 is 7. The molecule has 0 atom stereocenters. The van der Waals surface area contributed by atoms with Gasteiger partial charge in [-0.25, -0.2) is 4.79 Å². The van der Waals surface area contributed by atoms with Crippen LogP contribution in [0, 0.1) is 5.92 Å². The second kappa shape index (κ2) is 14.1. The summed E-state index contributed by atoms with van der Waals surface area (Å²) in [5.41, 5.74) is 0.888. The van der Waals surface area contributed by atoms with E-state index >= 15 is 0 Å². The summed E-state index contributed by atoms with van der Waals surface area (Å²) >= 11 is 0. The van der Waals surface area contributed by atoms with Crippen LogP contribution in [0.15, 0.2) is 18.2 Å². The summed E-state index contributed by atoms with van der Waals surface area (Å²) in [7, 11) is 10.1. The van der Waals surface area contributed by atoms with Crippen LogP contribution in [-0.4, -0.2) is 66.6 Å².